The first-order chi connectivity index (χ1) is 12.3. The monoisotopic (exact) mass is 383 g/mol. The van der Waals surface area contributed by atoms with Gasteiger partial charge in [-0.15, -0.1) is 11.8 Å². The number of rotatable bonds is 7. The second-order valence-electron chi connectivity index (χ2n) is 5.20. The van der Waals surface area contributed by atoms with Gasteiger partial charge in [0.25, 0.3) is 5.91 Å². The molecule has 1 N–H and O–H groups in total. The quantitative estimate of drug-likeness (QED) is 0.570. The zero-order chi connectivity index (χ0) is 19.0. The molecule has 0 radical (unpaired) electrons. The zero-order valence-electron chi connectivity index (χ0n) is 13.6. The molecular weight excluding hydrogens is 367 g/mol. The SMILES string of the molecule is O=C(COC(=O)CCSc1ccccc1)Nc1ccc(C(F)(F)F)cc1. The third kappa shape index (κ3) is 6.79. The molecule has 0 atom stereocenters. The summed E-state index contributed by atoms with van der Waals surface area (Å²) in [6.07, 6.45) is -4.29. The minimum absolute atomic E-state index is 0.146. The van der Waals surface area contributed by atoms with Crippen molar-refractivity contribution in [1.82, 2.24) is 0 Å². The first-order valence-electron chi connectivity index (χ1n) is 7.65. The molecule has 2 rings (SSSR count). The van der Waals surface area contributed by atoms with E-state index in [4.69, 9.17) is 4.74 Å². The van der Waals surface area contributed by atoms with Crippen molar-refractivity contribution in [3.63, 3.8) is 0 Å². The van der Waals surface area contributed by atoms with Crippen molar-refractivity contribution in [3.05, 3.63) is 60.2 Å². The average Bonchev–Trinajstić information content (AvgIpc) is 2.60. The maximum atomic E-state index is 12.5. The summed E-state index contributed by atoms with van der Waals surface area (Å²) in [5, 5.41) is 2.37. The van der Waals surface area contributed by atoms with Crippen molar-refractivity contribution in [3.8, 4) is 0 Å². The van der Waals surface area contributed by atoms with Crippen LogP contribution in [-0.2, 0) is 20.5 Å². The molecule has 2 aromatic carbocycles. The summed E-state index contributed by atoms with van der Waals surface area (Å²) >= 11 is 1.50. The van der Waals surface area contributed by atoms with Gasteiger partial charge in [-0.05, 0) is 36.4 Å². The fourth-order valence-corrected chi connectivity index (χ4v) is 2.78. The highest BCUT2D eigenvalue weighted by molar-refractivity contribution is 7.99. The Morgan fingerprint density at radius 3 is 2.27 bits per heavy atom. The molecule has 0 bridgehead atoms. The molecule has 2 aromatic rings. The summed E-state index contributed by atoms with van der Waals surface area (Å²) in [7, 11) is 0. The van der Waals surface area contributed by atoms with Gasteiger partial charge in [0.05, 0.1) is 12.0 Å². The molecule has 0 aromatic heterocycles. The van der Waals surface area contributed by atoms with Crippen LogP contribution in [0.5, 0.6) is 0 Å². The van der Waals surface area contributed by atoms with Gasteiger partial charge in [0, 0.05) is 16.3 Å². The average molecular weight is 383 g/mol. The fourth-order valence-electron chi connectivity index (χ4n) is 1.93. The molecule has 0 saturated carbocycles. The highest BCUT2D eigenvalue weighted by Gasteiger charge is 2.29. The van der Waals surface area contributed by atoms with Gasteiger partial charge in [-0.3, -0.25) is 9.59 Å². The number of carbonyl (C=O) groups excluding carboxylic acids is 2. The number of thioether (sulfide) groups is 1. The van der Waals surface area contributed by atoms with Gasteiger partial charge in [-0.1, -0.05) is 18.2 Å². The van der Waals surface area contributed by atoms with E-state index < -0.39 is 30.2 Å². The van der Waals surface area contributed by atoms with Crippen LogP contribution in [0.25, 0.3) is 0 Å². The first kappa shape index (κ1) is 19.8. The number of amides is 1. The lowest BCUT2D eigenvalue weighted by Gasteiger charge is -2.09. The Kier molecular flexibility index (Phi) is 7.08. The highest BCUT2D eigenvalue weighted by atomic mass is 32.2. The molecule has 4 nitrogen and oxygen atoms in total. The minimum Gasteiger partial charge on any atom is -0.456 e. The smallest absolute Gasteiger partial charge is 0.416 e. The molecule has 0 saturated heterocycles. The second kappa shape index (κ2) is 9.28. The molecule has 0 aliphatic heterocycles. The van der Waals surface area contributed by atoms with Crippen LogP contribution < -0.4 is 5.32 Å². The van der Waals surface area contributed by atoms with Crippen molar-refractivity contribution in [2.24, 2.45) is 0 Å². The maximum Gasteiger partial charge on any atom is 0.416 e. The van der Waals surface area contributed by atoms with Gasteiger partial charge >= 0.3 is 12.1 Å². The number of ether oxygens (including phenoxy) is 1. The van der Waals surface area contributed by atoms with Crippen LogP contribution in [-0.4, -0.2) is 24.2 Å². The lowest BCUT2D eigenvalue weighted by molar-refractivity contribution is -0.146. The molecule has 0 aliphatic rings. The Bertz CT molecular complexity index is 734. The van der Waals surface area contributed by atoms with Gasteiger partial charge in [-0.25, -0.2) is 0 Å². The van der Waals surface area contributed by atoms with E-state index in [9.17, 15) is 22.8 Å². The number of carbonyl (C=O) groups is 2. The number of hydrogen-bond donors (Lipinski definition) is 1. The number of benzene rings is 2. The zero-order valence-corrected chi connectivity index (χ0v) is 14.4. The minimum atomic E-state index is -4.43. The molecule has 0 fully saturated rings. The summed E-state index contributed by atoms with van der Waals surface area (Å²) in [5.74, 6) is -0.617. The molecule has 0 unspecified atom stereocenters. The number of alkyl halides is 3. The van der Waals surface area contributed by atoms with E-state index in [0.29, 0.717) is 5.75 Å². The van der Waals surface area contributed by atoms with Crippen molar-refractivity contribution >= 4 is 29.3 Å². The summed E-state index contributed by atoms with van der Waals surface area (Å²) in [6.45, 7) is -0.490. The molecule has 138 valence electrons. The number of hydrogen-bond acceptors (Lipinski definition) is 4. The first-order valence-corrected chi connectivity index (χ1v) is 8.64. The molecule has 26 heavy (non-hydrogen) atoms. The van der Waals surface area contributed by atoms with E-state index in [1.807, 2.05) is 30.3 Å². The van der Waals surface area contributed by atoms with Gasteiger partial charge in [0.1, 0.15) is 0 Å². The predicted molar refractivity (Wildman–Crippen MR) is 92.8 cm³/mol. The van der Waals surface area contributed by atoms with Crippen molar-refractivity contribution in [2.75, 3.05) is 17.7 Å². The lowest BCUT2D eigenvalue weighted by atomic mass is 10.2. The Labute approximate surface area is 152 Å². The van der Waals surface area contributed by atoms with E-state index in [0.717, 1.165) is 29.2 Å². The fraction of sp³-hybridized carbons (Fsp3) is 0.222. The summed E-state index contributed by atoms with van der Waals surface area (Å²) in [4.78, 5) is 24.3. The van der Waals surface area contributed by atoms with Crippen LogP contribution in [0.2, 0.25) is 0 Å². The number of nitrogens with one attached hydrogen (secondary N) is 1. The van der Waals surface area contributed by atoms with E-state index in [2.05, 4.69) is 5.32 Å². The number of halogens is 3. The van der Waals surface area contributed by atoms with Crippen LogP contribution in [0, 0.1) is 0 Å². The van der Waals surface area contributed by atoms with Crippen LogP contribution in [0.4, 0.5) is 18.9 Å². The summed E-state index contributed by atoms with van der Waals surface area (Å²) < 4.78 is 42.2. The van der Waals surface area contributed by atoms with Crippen LogP contribution >= 0.6 is 11.8 Å². The van der Waals surface area contributed by atoms with Crippen LogP contribution in [0.1, 0.15) is 12.0 Å². The molecule has 1 amide bonds. The molecule has 0 spiro atoms. The third-order valence-electron chi connectivity index (χ3n) is 3.18. The van der Waals surface area contributed by atoms with E-state index in [1.54, 1.807) is 0 Å². The van der Waals surface area contributed by atoms with Gasteiger partial charge in [-0.2, -0.15) is 13.2 Å². The third-order valence-corrected chi connectivity index (χ3v) is 4.19. The number of esters is 1. The Morgan fingerprint density at radius 2 is 1.65 bits per heavy atom. The van der Waals surface area contributed by atoms with Crippen molar-refractivity contribution in [1.29, 1.82) is 0 Å². The van der Waals surface area contributed by atoms with Crippen molar-refractivity contribution in [2.45, 2.75) is 17.5 Å². The predicted octanol–water partition coefficient (Wildman–Crippen LogP) is 4.37. The van der Waals surface area contributed by atoms with E-state index in [-0.39, 0.29) is 12.1 Å². The molecule has 8 heteroatoms. The highest BCUT2D eigenvalue weighted by Crippen LogP contribution is 2.29. The largest absolute Gasteiger partial charge is 0.456 e. The van der Waals surface area contributed by atoms with Gasteiger partial charge in [0.2, 0.25) is 0 Å². The summed E-state index contributed by atoms with van der Waals surface area (Å²) in [5.41, 5.74) is -0.614. The topological polar surface area (TPSA) is 55.4 Å². The second-order valence-corrected chi connectivity index (χ2v) is 6.36. The normalized spacial score (nSPS) is 11.0. The van der Waals surface area contributed by atoms with Crippen molar-refractivity contribution < 1.29 is 27.5 Å². The summed E-state index contributed by atoms with van der Waals surface area (Å²) in [6, 6.07) is 13.5. The standard InChI is InChI=1S/C18H16F3NO3S/c19-18(20,21)13-6-8-14(9-7-13)22-16(23)12-25-17(24)10-11-26-15-4-2-1-3-5-15/h1-9H,10-12H2,(H,22,23). The lowest BCUT2D eigenvalue weighted by Crippen LogP contribution is -2.21. The number of anilines is 1. The maximum absolute atomic E-state index is 12.5. The molecule has 0 heterocycles. The van der Waals surface area contributed by atoms with Gasteiger partial charge < -0.3 is 10.1 Å². The molecule has 0 aliphatic carbocycles. The molecular formula is C18H16F3NO3S. The van der Waals surface area contributed by atoms with E-state index >= 15 is 0 Å². The Balaban J connectivity index is 1.68. The Hall–Kier alpha value is -2.48. The van der Waals surface area contributed by atoms with Crippen LogP contribution in [0.3, 0.4) is 0 Å². The van der Waals surface area contributed by atoms with E-state index in [1.165, 1.54) is 11.8 Å². The van der Waals surface area contributed by atoms with Crippen LogP contribution in [0.15, 0.2) is 59.5 Å². The van der Waals surface area contributed by atoms with Gasteiger partial charge in [0.15, 0.2) is 6.61 Å². The Morgan fingerprint density at radius 1 is 1.00 bits per heavy atom.